The van der Waals surface area contributed by atoms with E-state index in [-0.39, 0.29) is 0 Å². The number of halogens is 2. The molecule has 11 nitrogen and oxygen atoms in total. The Hall–Kier alpha value is -4.61. The summed E-state index contributed by atoms with van der Waals surface area (Å²) in [7, 11) is 0.638. The zero-order valence-electron chi connectivity index (χ0n) is 26.4. The number of hydrogen-bond donors (Lipinski definition) is 1. The second-order valence-corrected chi connectivity index (χ2v) is 18.7. The zero-order valence-corrected chi connectivity index (χ0v) is 27.4. The first kappa shape index (κ1) is 31.4. The van der Waals surface area contributed by atoms with Gasteiger partial charge in [0.1, 0.15) is 24.1 Å². The molecule has 0 atom stereocenters. The van der Waals surface area contributed by atoms with Gasteiger partial charge in [0.2, 0.25) is 5.95 Å². The highest BCUT2D eigenvalue weighted by molar-refractivity contribution is 6.76. The molecular formula is C32H37F2N9O2Si. The topological polar surface area (TPSA) is 117 Å². The Balaban J connectivity index is 1.11. The summed E-state index contributed by atoms with van der Waals surface area (Å²) in [6.45, 7) is 8.06. The summed E-state index contributed by atoms with van der Waals surface area (Å²) in [6, 6.07) is 12.9. The van der Waals surface area contributed by atoms with E-state index in [0.717, 1.165) is 40.7 Å². The fourth-order valence-corrected chi connectivity index (χ4v) is 6.30. The van der Waals surface area contributed by atoms with Crippen molar-refractivity contribution in [3.05, 3.63) is 71.4 Å². The van der Waals surface area contributed by atoms with Crippen molar-refractivity contribution in [2.24, 2.45) is 7.05 Å². The average Bonchev–Trinajstić information content (AvgIpc) is 3.62. The summed E-state index contributed by atoms with van der Waals surface area (Å²) in [6.07, 6.45) is 5.91. The standard InChI is InChI=1S/C32H37F2N9O2Si/c1-40-27(30(44)42-19-32(33,34)20-42)13-23-9-10-41(18-28(23)40)31-36-15-24(14-35)29(39-31)38-26-7-5-22(6-8-26)25-16-37-43(17-25)21-45-11-12-46(2,3)4/h5-8,13,15-17H,9-12,18-21H2,1-4H3,(H,36,38,39). The lowest BCUT2D eigenvalue weighted by Gasteiger charge is -2.38. The van der Waals surface area contributed by atoms with Crippen LogP contribution in [-0.2, 0) is 31.5 Å². The smallest absolute Gasteiger partial charge is 0.282 e. The summed E-state index contributed by atoms with van der Waals surface area (Å²) >= 11 is 0. The number of rotatable bonds is 10. The minimum absolute atomic E-state index is 0.305. The number of nitriles is 1. The molecular weight excluding hydrogens is 608 g/mol. The number of fused-ring (bicyclic) bond motifs is 1. The highest BCUT2D eigenvalue weighted by Crippen LogP contribution is 2.31. The molecule has 0 saturated carbocycles. The molecule has 5 heterocycles. The van der Waals surface area contributed by atoms with E-state index in [0.29, 0.717) is 49.3 Å². The molecule has 2 aliphatic heterocycles. The van der Waals surface area contributed by atoms with E-state index in [4.69, 9.17) is 9.72 Å². The Morgan fingerprint density at radius 3 is 2.61 bits per heavy atom. The van der Waals surface area contributed by atoms with Crippen molar-refractivity contribution >= 4 is 31.4 Å². The van der Waals surface area contributed by atoms with Crippen molar-refractivity contribution in [1.82, 2.24) is 29.2 Å². The number of ether oxygens (including phenoxy) is 1. The number of hydrogen-bond acceptors (Lipinski definition) is 8. The largest absolute Gasteiger partial charge is 0.360 e. The van der Waals surface area contributed by atoms with Gasteiger partial charge >= 0.3 is 0 Å². The highest BCUT2D eigenvalue weighted by atomic mass is 28.3. The molecule has 0 spiro atoms. The van der Waals surface area contributed by atoms with E-state index in [2.05, 4.69) is 41.1 Å². The van der Waals surface area contributed by atoms with Crippen LogP contribution in [0.3, 0.4) is 0 Å². The summed E-state index contributed by atoms with van der Waals surface area (Å²) in [4.78, 5) is 25.2. The van der Waals surface area contributed by atoms with Gasteiger partial charge in [0.25, 0.3) is 11.8 Å². The van der Waals surface area contributed by atoms with E-state index in [9.17, 15) is 18.8 Å². The molecule has 1 saturated heterocycles. The molecule has 46 heavy (non-hydrogen) atoms. The number of carbonyl (C=O) groups is 1. The monoisotopic (exact) mass is 645 g/mol. The van der Waals surface area contributed by atoms with Gasteiger partial charge < -0.3 is 24.4 Å². The van der Waals surface area contributed by atoms with Crippen molar-refractivity contribution in [2.75, 3.05) is 36.5 Å². The number of nitrogens with one attached hydrogen (secondary N) is 1. The van der Waals surface area contributed by atoms with Crippen LogP contribution in [-0.4, -0.2) is 75.4 Å². The first-order valence-corrected chi connectivity index (χ1v) is 18.9. The summed E-state index contributed by atoms with van der Waals surface area (Å²) < 4.78 is 36.1. The lowest BCUT2D eigenvalue weighted by molar-refractivity contribution is -0.113. The Labute approximate surface area is 267 Å². The SMILES string of the molecule is Cn1c(C(=O)N2CC(F)(F)C2)cc2c1CN(c1ncc(C#N)c(Nc3ccc(-c4cnn(COCC[Si](C)(C)C)c4)cc3)n1)CC2. The van der Waals surface area contributed by atoms with Gasteiger partial charge in [-0.05, 0) is 41.8 Å². The van der Waals surface area contributed by atoms with Gasteiger partial charge in [0.05, 0.1) is 32.0 Å². The molecule has 2 aliphatic rings. The van der Waals surface area contributed by atoms with Crippen molar-refractivity contribution in [3.63, 3.8) is 0 Å². The number of benzene rings is 1. The molecule has 6 rings (SSSR count). The van der Waals surface area contributed by atoms with Gasteiger partial charge in [-0.2, -0.15) is 15.3 Å². The fraction of sp³-hybridized carbons (Fsp3) is 0.406. The van der Waals surface area contributed by atoms with Gasteiger partial charge in [-0.15, -0.1) is 0 Å². The van der Waals surface area contributed by atoms with E-state index >= 15 is 0 Å². The first-order valence-electron chi connectivity index (χ1n) is 15.2. The number of nitrogens with zero attached hydrogens (tertiary/aromatic N) is 8. The third-order valence-corrected chi connectivity index (χ3v) is 10.0. The maximum absolute atomic E-state index is 13.4. The lowest BCUT2D eigenvalue weighted by atomic mass is 10.1. The molecule has 1 N–H and O–H groups in total. The molecule has 240 valence electrons. The first-order chi connectivity index (χ1) is 21.9. The van der Waals surface area contributed by atoms with Crippen LogP contribution in [0, 0.1) is 11.3 Å². The zero-order chi connectivity index (χ0) is 32.6. The Morgan fingerprint density at radius 2 is 1.91 bits per heavy atom. The van der Waals surface area contributed by atoms with Gasteiger partial charge in [-0.3, -0.25) is 4.79 Å². The molecule has 1 amide bonds. The van der Waals surface area contributed by atoms with Gasteiger partial charge in [0.15, 0.2) is 5.82 Å². The van der Waals surface area contributed by atoms with E-state index in [1.54, 1.807) is 22.4 Å². The number of amides is 1. The van der Waals surface area contributed by atoms with Crippen LogP contribution in [0.2, 0.25) is 25.7 Å². The summed E-state index contributed by atoms with van der Waals surface area (Å²) in [5, 5.41) is 17.4. The maximum Gasteiger partial charge on any atom is 0.282 e. The third kappa shape index (κ3) is 6.80. The van der Waals surface area contributed by atoms with E-state index < -0.39 is 33.0 Å². The highest BCUT2D eigenvalue weighted by Gasteiger charge is 2.47. The van der Waals surface area contributed by atoms with E-state index in [1.165, 1.54) is 11.1 Å². The Kier molecular flexibility index (Phi) is 8.38. The minimum Gasteiger partial charge on any atom is -0.360 e. The minimum atomic E-state index is -2.82. The van der Waals surface area contributed by atoms with Crippen LogP contribution in [0.4, 0.5) is 26.2 Å². The maximum atomic E-state index is 13.4. The van der Waals surface area contributed by atoms with Gasteiger partial charge in [0, 0.05) is 51.4 Å². The lowest BCUT2D eigenvalue weighted by Crippen LogP contribution is -2.58. The Morgan fingerprint density at radius 1 is 1.15 bits per heavy atom. The summed E-state index contributed by atoms with van der Waals surface area (Å²) in [5.41, 5.74) is 5.33. The molecule has 3 aromatic heterocycles. The second kappa shape index (κ2) is 12.3. The molecule has 0 unspecified atom stereocenters. The van der Waals surface area contributed by atoms with Crippen molar-refractivity contribution in [2.45, 2.75) is 51.3 Å². The molecule has 0 aliphatic carbocycles. The summed E-state index contributed by atoms with van der Waals surface area (Å²) in [5.74, 6) is -2.38. The van der Waals surface area contributed by atoms with Crippen molar-refractivity contribution < 1.29 is 18.3 Å². The van der Waals surface area contributed by atoms with Crippen LogP contribution in [0.15, 0.2) is 48.9 Å². The predicted octanol–water partition coefficient (Wildman–Crippen LogP) is 5.26. The molecule has 4 aromatic rings. The third-order valence-electron chi connectivity index (χ3n) is 8.30. The van der Waals surface area contributed by atoms with Gasteiger partial charge in [-0.25, -0.2) is 18.4 Å². The molecule has 1 aromatic carbocycles. The van der Waals surface area contributed by atoms with Crippen LogP contribution in [0.5, 0.6) is 0 Å². The normalized spacial score (nSPS) is 15.7. The van der Waals surface area contributed by atoms with Crippen LogP contribution >= 0.6 is 0 Å². The Bertz CT molecular complexity index is 1780. The number of anilines is 3. The quantitative estimate of drug-likeness (QED) is 0.183. The van der Waals surface area contributed by atoms with Crippen LogP contribution < -0.4 is 10.2 Å². The average molecular weight is 646 g/mol. The molecule has 0 radical (unpaired) electrons. The number of alkyl halides is 2. The molecule has 0 bridgehead atoms. The van der Waals surface area contributed by atoms with Crippen LogP contribution in [0.1, 0.15) is 27.3 Å². The van der Waals surface area contributed by atoms with Gasteiger partial charge in [-0.1, -0.05) is 31.8 Å². The van der Waals surface area contributed by atoms with Crippen molar-refractivity contribution in [3.8, 4) is 17.2 Å². The van der Waals surface area contributed by atoms with Crippen LogP contribution in [0.25, 0.3) is 11.1 Å². The number of likely N-dealkylation sites (tertiary alicyclic amines) is 1. The molecule has 14 heteroatoms. The number of carbonyl (C=O) groups excluding carboxylic acids is 1. The predicted molar refractivity (Wildman–Crippen MR) is 173 cm³/mol. The van der Waals surface area contributed by atoms with E-state index in [1.807, 2.05) is 41.6 Å². The number of aromatic nitrogens is 5. The fourth-order valence-electron chi connectivity index (χ4n) is 5.54. The molecule has 1 fully saturated rings. The van der Waals surface area contributed by atoms with Crippen molar-refractivity contribution in [1.29, 1.82) is 5.26 Å². The second-order valence-electron chi connectivity index (χ2n) is 13.1.